The van der Waals surface area contributed by atoms with Crippen LogP contribution in [-0.4, -0.2) is 27.9 Å². The summed E-state index contributed by atoms with van der Waals surface area (Å²) in [6, 6.07) is 6.15. The normalized spacial score (nSPS) is 10.3. The minimum Gasteiger partial charge on any atom is -0.454 e. The zero-order valence-electron chi connectivity index (χ0n) is 12.0. The van der Waals surface area contributed by atoms with Crippen LogP contribution in [-0.2, 0) is 11.8 Å². The van der Waals surface area contributed by atoms with E-state index in [4.69, 9.17) is 22.1 Å². The molecule has 1 heterocycles. The van der Waals surface area contributed by atoms with Crippen molar-refractivity contribution in [2.45, 2.75) is 0 Å². The van der Waals surface area contributed by atoms with E-state index in [1.807, 2.05) is 4.98 Å². The van der Waals surface area contributed by atoms with Crippen LogP contribution in [0.25, 0.3) is 0 Å². The molecule has 9 heteroatoms. The molecule has 23 heavy (non-hydrogen) atoms. The summed E-state index contributed by atoms with van der Waals surface area (Å²) in [7, 11) is 1.29. The van der Waals surface area contributed by atoms with Crippen LogP contribution in [0.15, 0.2) is 33.9 Å². The molecule has 0 atom stereocenters. The molecule has 1 aromatic carbocycles. The highest BCUT2D eigenvalue weighted by molar-refractivity contribution is 6.33. The Bertz CT molecular complexity index is 900. The average molecular weight is 338 g/mol. The van der Waals surface area contributed by atoms with Crippen molar-refractivity contribution in [3.05, 3.63) is 61.3 Å². The number of benzene rings is 1. The molecule has 0 unspecified atom stereocenters. The van der Waals surface area contributed by atoms with Gasteiger partial charge in [0.1, 0.15) is 11.4 Å². The van der Waals surface area contributed by atoms with Crippen LogP contribution < -0.4 is 17.0 Å². The second kappa shape index (κ2) is 6.49. The van der Waals surface area contributed by atoms with Crippen molar-refractivity contribution in [1.29, 1.82) is 0 Å². The van der Waals surface area contributed by atoms with Gasteiger partial charge in [-0.3, -0.25) is 19.1 Å². The number of ether oxygens (including phenoxy) is 1. The van der Waals surface area contributed by atoms with Crippen LogP contribution in [0.3, 0.4) is 0 Å². The lowest BCUT2D eigenvalue weighted by molar-refractivity contribution is 0.0474. The summed E-state index contributed by atoms with van der Waals surface area (Å²) < 4.78 is 5.74. The van der Waals surface area contributed by atoms with Crippen molar-refractivity contribution in [1.82, 2.24) is 9.55 Å². The lowest BCUT2D eigenvalue weighted by Gasteiger charge is -2.08. The van der Waals surface area contributed by atoms with Crippen LogP contribution in [0.4, 0.5) is 5.82 Å². The third kappa shape index (κ3) is 3.32. The molecule has 120 valence electrons. The smallest absolute Gasteiger partial charge is 0.340 e. The number of aromatic amines is 1. The summed E-state index contributed by atoms with van der Waals surface area (Å²) in [6.45, 7) is -0.713. The Balaban J connectivity index is 2.20. The first-order valence-corrected chi connectivity index (χ1v) is 6.74. The Morgan fingerprint density at radius 3 is 2.61 bits per heavy atom. The predicted molar refractivity (Wildman–Crippen MR) is 82.8 cm³/mol. The number of halogens is 1. The Kier molecular flexibility index (Phi) is 4.65. The number of nitrogens with zero attached hydrogens (tertiary/aromatic N) is 1. The maximum atomic E-state index is 12.0. The fraction of sp³-hybridized carbons (Fsp3) is 0.143. The van der Waals surface area contributed by atoms with E-state index in [1.165, 1.54) is 19.2 Å². The van der Waals surface area contributed by atoms with Gasteiger partial charge in [0.2, 0.25) is 5.78 Å². The van der Waals surface area contributed by atoms with Crippen molar-refractivity contribution in [2.75, 3.05) is 12.3 Å². The van der Waals surface area contributed by atoms with Crippen LogP contribution in [0.5, 0.6) is 0 Å². The quantitative estimate of drug-likeness (QED) is 0.612. The Morgan fingerprint density at radius 1 is 1.30 bits per heavy atom. The van der Waals surface area contributed by atoms with Crippen LogP contribution in [0.1, 0.15) is 20.7 Å². The molecule has 0 saturated heterocycles. The highest BCUT2D eigenvalue weighted by Gasteiger charge is 2.20. The SMILES string of the molecule is Cn1c(N)c(C(=O)COC(=O)c2ccccc2Cl)c(=O)[nH]c1=O. The van der Waals surface area contributed by atoms with Gasteiger partial charge in [0.15, 0.2) is 6.61 Å². The second-order valence-corrected chi connectivity index (χ2v) is 4.96. The number of carbonyl (C=O) groups is 2. The number of Topliss-reactive ketones (excluding diaryl/α,β-unsaturated/α-hetero) is 1. The van der Waals surface area contributed by atoms with E-state index in [0.717, 1.165) is 4.57 Å². The van der Waals surface area contributed by atoms with Gasteiger partial charge in [0.05, 0.1) is 10.6 Å². The Labute approximate surface area is 134 Å². The minimum atomic E-state index is -0.940. The number of nitrogens with two attached hydrogens (primary N) is 1. The van der Waals surface area contributed by atoms with E-state index in [0.29, 0.717) is 0 Å². The molecule has 0 fully saturated rings. The summed E-state index contributed by atoms with van der Waals surface area (Å²) in [5, 5.41) is 0.171. The molecule has 0 spiro atoms. The van der Waals surface area contributed by atoms with Crippen molar-refractivity contribution >= 4 is 29.2 Å². The maximum absolute atomic E-state index is 12.0. The van der Waals surface area contributed by atoms with Crippen LogP contribution >= 0.6 is 11.6 Å². The number of nitrogen functional groups attached to an aromatic ring is 1. The molecule has 0 saturated carbocycles. The van der Waals surface area contributed by atoms with E-state index < -0.39 is 35.2 Å². The molecule has 0 bridgehead atoms. The van der Waals surface area contributed by atoms with Gasteiger partial charge >= 0.3 is 11.7 Å². The molecule has 1 aromatic heterocycles. The van der Waals surface area contributed by atoms with Crippen LogP contribution in [0, 0.1) is 0 Å². The lowest BCUT2D eigenvalue weighted by atomic mass is 10.2. The number of aromatic nitrogens is 2. The summed E-state index contributed by atoms with van der Waals surface area (Å²) in [5.41, 5.74) is 3.54. The molecule has 3 N–H and O–H groups in total. The molecular formula is C14H12ClN3O5. The summed E-state index contributed by atoms with van der Waals surface area (Å²) >= 11 is 5.84. The first-order valence-electron chi connectivity index (χ1n) is 6.36. The van der Waals surface area contributed by atoms with Gasteiger partial charge in [-0.25, -0.2) is 9.59 Å². The number of rotatable bonds is 4. The third-order valence-corrected chi connectivity index (χ3v) is 3.41. The molecule has 2 rings (SSSR count). The van der Waals surface area contributed by atoms with Crippen molar-refractivity contribution < 1.29 is 14.3 Å². The second-order valence-electron chi connectivity index (χ2n) is 4.56. The number of esters is 1. The number of anilines is 1. The van der Waals surface area contributed by atoms with Gasteiger partial charge in [0, 0.05) is 7.05 Å². The average Bonchev–Trinajstić information content (AvgIpc) is 2.51. The number of ketones is 1. The largest absolute Gasteiger partial charge is 0.454 e. The molecule has 2 aromatic rings. The van der Waals surface area contributed by atoms with Gasteiger partial charge in [-0.2, -0.15) is 0 Å². The monoisotopic (exact) mass is 337 g/mol. The number of hydrogen-bond donors (Lipinski definition) is 2. The van der Waals surface area contributed by atoms with E-state index in [2.05, 4.69) is 0 Å². The highest BCUT2D eigenvalue weighted by Crippen LogP contribution is 2.16. The third-order valence-electron chi connectivity index (χ3n) is 3.08. The zero-order chi connectivity index (χ0) is 17.1. The van der Waals surface area contributed by atoms with Gasteiger partial charge in [-0.1, -0.05) is 23.7 Å². The zero-order valence-corrected chi connectivity index (χ0v) is 12.7. The molecular weight excluding hydrogens is 326 g/mol. The topological polar surface area (TPSA) is 124 Å². The number of nitrogens with one attached hydrogen (secondary N) is 1. The first-order chi connectivity index (χ1) is 10.8. The van der Waals surface area contributed by atoms with Crippen LogP contribution in [0.2, 0.25) is 5.02 Å². The molecule has 0 amide bonds. The minimum absolute atomic E-state index is 0.0873. The molecule has 0 radical (unpaired) electrons. The van der Waals surface area contributed by atoms with Crippen molar-refractivity contribution in [2.24, 2.45) is 7.05 Å². The Hall–Kier alpha value is -2.87. The maximum Gasteiger partial charge on any atom is 0.340 e. The molecule has 8 nitrogen and oxygen atoms in total. The highest BCUT2D eigenvalue weighted by atomic mass is 35.5. The molecule has 0 aliphatic rings. The fourth-order valence-corrected chi connectivity index (χ4v) is 2.03. The summed E-state index contributed by atoms with van der Waals surface area (Å²) in [5.74, 6) is -1.96. The van der Waals surface area contributed by atoms with Gasteiger partial charge in [-0.05, 0) is 12.1 Å². The van der Waals surface area contributed by atoms with E-state index in [-0.39, 0.29) is 16.4 Å². The molecule has 0 aliphatic carbocycles. The van der Waals surface area contributed by atoms with E-state index in [1.54, 1.807) is 12.1 Å². The lowest BCUT2D eigenvalue weighted by Crippen LogP contribution is -2.35. The fourth-order valence-electron chi connectivity index (χ4n) is 1.81. The summed E-state index contributed by atoms with van der Waals surface area (Å²) in [6.07, 6.45) is 0. The number of hydrogen-bond acceptors (Lipinski definition) is 6. The van der Waals surface area contributed by atoms with Crippen molar-refractivity contribution in [3.63, 3.8) is 0 Å². The van der Waals surface area contributed by atoms with Gasteiger partial charge in [0.25, 0.3) is 5.56 Å². The first kappa shape index (κ1) is 16.5. The van der Waals surface area contributed by atoms with E-state index in [9.17, 15) is 19.2 Å². The predicted octanol–water partition coefficient (Wildman–Crippen LogP) is 0.349. The number of carbonyl (C=O) groups excluding carboxylic acids is 2. The van der Waals surface area contributed by atoms with Gasteiger partial charge < -0.3 is 10.5 Å². The van der Waals surface area contributed by atoms with E-state index >= 15 is 0 Å². The Morgan fingerprint density at radius 2 is 1.96 bits per heavy atom. The van der Waals surface area contributed by atoms with Gasteiger partial charge in [-0.15, -0.1) is 0 Å². The summed E-state index contributed by atoms with van der Waals surface area (Å²) in [4.78, 5) is 48.9. The standard InChI is InChI=1S/C14H12ClN3O5/c1-18-11(16)10(12(20)17-14(18)22)9(19)6-23-13(21)7-4-2-3-5-8(7)15/h2-5H,6,16H2,1H3,(H,17,20,22). The molecule has 0 aliphatic heterocycles. The number of H-pyrrole nitrogens is 1. The van der Waals surface area contributed by atoms with Crippen molar-refractivity contribution in [3.8, 4) is 0 Å².